The highest BCUT2D eigenvalue weighted by Gasteiger charge is 2.51. The van der Waals surface area contributed by atoms with Crippen molar-refractivity contribution in [1.82, 2.24) is 0 Å². The van der Waals surface area contributed by atoms with Gasteiger partial charge in [-0.05, 0) is 11.1 Å². The van der Waals surface area contributed by atoms with Crippen LogP contribution in [0.3, 0.4) is 0 Å². The summed E-state index contributed by atoms with van der Waals surface area (Å²) < 4.78 is -0.777. The molecule has 0 amide bonds. The van der Waals surface area contributed by atoms with Crippen molar-refractivity contribution in [2.75, 3.05) is 0 Å². The number of hydrogen-bond donors (Lipinski definition) is 0. The zero-order chi connectivity index (χ0) is 14.8. The second-order valence-corrected chi connectivity index (χ2v) is 10.8. The smallest absolute Gasteiger partial charge is 0.0868 e. The lowest BCUT2D eigenvalue weighted by atomic mass is 9.87. The van der Waals surface area contributed by atoms with Gasteiger partial charge in [-0.15, -0.1) is 0 Å². The molecule has 0 spiro atoms. The quantitative estimate of drug-likeness (QED) is 0.395. The molecule has 0 aliphatic rings. The molecule has 0 saturated heterocycles. The van der Waals surface area contributed by atoms with E-state index in [9.17, 15) is 0 Å². The van der Waals surface area contributed by atoms with Gasteiger partial charge in [0.2, 0.25) is 0 Å². The van der Waals surface area contributed by atoms with Crippen LogP contribution in [0.25, 0.3) is 0 Å². The van der Waals surface area contributed by atoms with Crippen LogP contribution in [0.15, 0.2) is 60.7 Å². The van der Waals surface area contributed by atoms with Crippen molar-refractivity contribution in [3.63, 3.8) is 0 Å². The normalized spacial score (nSPS) is 14.1. The van der Waals surface area contributed by atoms with Crippen molar-refractivity contribution in [3.05, 3.63) is 71.8 Å². The highest BCUT2D eigenvalue weighted by atomic mass is 79.9. The maximum Gasteiger partial charge on any atom is 0.116 e. The molecule has 0 aromatic heterocycles. The molecular weight excluding hydrogens is 512 g/mol. The Morgan fingerprint density at radius 1 is 0.750 bits per heavy atom. The van der Waals surface area contributed by atoms with E-state index in [-0.39, 0.29) is 8.06 Å². The summed E-state index contributed by atoms with van der Waals surface area (Å²) in [5, 5.41) is 0. The Morgan fingerprint density at radius 2 is 1.10 bits per heavy atom. The van der Waals surface area contributed by atoms with Gasteiger partial charge in [-0.25, -0.2) is 0 Å². The topological polar surface area (TPSA) is 0 Å². The van der Waals surface area contributed by atoms with Crippen LogP contribution in [0.2, 0.25) is 0 Å². The molecule has 2 rings (SSSR count). The van der Waals surface area contributed by atoms with Crippen molar-refractivity contribution >= 4 is 63.7 Å². The monoisotopic (exact) mass is 522 g/mol. The summed E-state index contributed by atoms with van der Waals surface area (Å²) in [5.41, 5.74) is 2.37. The molecule has 0 saturated carbocycles. The average molecular weight is 526 g/mol. The SMILES string of the molecule is CC(Br)C(Br)(Br)C(Br)(c1ccccc1)c1ccccc1. The van der Waals surface area contributed by atoms with E-state index in [1.165, 1.54) is 11.1 Å². The molecule has 0 N–H and O–H groups in total. The first-order valence-electron chi connectivity index (χ1n) is 6.22. The maximum absolute atomic E-state index is 4.00. The lowest BCUT2D eigenvalue weighted by Crippen LogP contribution is -2.44. The van der Waals surface area contributed by atoms with E-state index in [1.807, 2.05) is 12.1 Å². The van der Waals surface area contributed by atoms with Crippen molar-refractivity contribution in [2.24, 2.45) is 0 Å². The molecule has 106 valence electrons. The zero-order valence-electron chi connectivity index (χ0n) is 10.9. The zero-order valence-corrected chi connectivity index (χ0v) is 17.2. The standard InChI is InChI=1S/C16H14Br4/c1-12(17)16(19,20)15(18,13-8-4-2-5-9-13)14-10-6-3-7-11-14/h2-12H,1H3. The van der Waals surface area contributed by atoms with Crippen molar-refractivity contribution in [3.8, 4) is 0 Å². The van der Waals surface area contributed by atoms with Gasteiger partial charge in [0, 0.05) is 4.83 Å². The number of benzene rings is 2. The molecule has 2 aromatic rings. The van der Waals surface area contributed by atoms with Crippen LogP contribution in [0, 0.1) is 0 Å². The average Bonchev–Trinajstić information content (AvgIpc) is 2.48. The predicted octanol–water partition coefficient (Wildman–Crippen LogP) is 6.59. The highest BCUT2D eigenvalue weighted by Crippen LogP contribution is 2.58. The minimum atomic E-state index is -0.397. The van der Waals surface area contributed by atoms with Gasteiger partial charge < -0.3 is 0 Å². The summed E-state index contributed by atoms with van der Waals surface area (Å²) in [6.07, 6.45) is 0. The van der Waals surface area contributed by atoms with Crippen molar-refractivity contribution < 1.29 is 0 Å². The van der Waals surface area contributed by atoms with Crippen LogP contribution in [0.4, 0.5) is 0 Å². The molecule has 4 heteroatoms. The molecule has 0 fully saturated rings. The van der Waals surface area contributed by atoms with Gasteiger partial charge in [-0.2, -0.15) is 0 Å². The van der Waals surface area contributed by atoms with Gasteiger partial charge in [0.1, 0.15) is 7.56 Å². The van der Waals surface area contributed by atoms with E-state index in [0.29, 0.717) is 0 Å². The fraction of sp³-hybridized carbons (Fsp3) is 0.250. The van der Waals surface area contributed by atoms with E-state index < -0.39 is 4.32 Å². The largest absolute Gasteiger partial charge is 0.116 e. The first kappa shape index (κ1) is 16.7. The molecular formula is C16H14Br4. The van der Waals surface area contributed by atoms with E-state index in [1.54, 1.807) is 0 Å². The molecule has 1 atom stereocenters. The molecule has 20 heavy (non-hydrogen) atoms. The van der Waals surface area contributed by atoms with Crippen LogP contribution in [0.5, 0.6) is 0 Å². The van der Waals surface area contributed by atoms with Crippen molar-refractivity contribution in [2.45, 2.75) is 19.3 Å². The van der Waals surface area contributed by atoms with E-state index in [4.69, 9.17) is 0 Å². The summed E-state index contributed by atoms with van der Waals surface area (Å²) in [4.78, 5) is 0.190. The summed E-state index contributed by atoms with van der Waals surface area (Å²) >= 11 is 15.4. The number of alkyl halides is 4. The number of hydrogen-bond acceptors (Lipinski definition) is 0. The van der Waals surface area contributed by atoms with Gasteiger partial charge >= 0.3 is 0 Å². The molecule has 0 radical (unpaired) electrons. The fourth-order valence-corrected chi connectivity index (χ4v) is 4.60. The Morgan fingerprint density at radius 3 is 1.40 bits per heavy atom. The molecule has 0 bridgehead atoms. The summed E-state index contributed by atoms with van der Waals surface area (Å²) in [6, 6.07) is 20.8. The Bertz CT molecular complexity index is 510. The van der Waals surface area contributed by atoms with Crippen LogP contribution >= 0.6 is 63.7 Å². The van der Waals surface area contributed by atoms with E-state index >= 15 is 0 Å². The van der Waals surface area contributed by atoms with Crippen LogP contribution in [-0.4, -0.2) is 8.06 Å². The third-order valence-electron chi connectivity index (χ3n) is 3.30. The van der Waals surface area contributed by atoms with E-state index in [0.717, 1.165) is 0 Å². The maximum atomic E-state index is 4.00. The van der Waals surface area contributed by atoms with E-state index in [2.05, 4.69) is 119 Å². The minimum Gasteiger partial charge on any atom is -0.0868 e. The molecule has 0 aliphatic heterocycles. The number of halogens is 4. The minimum absolute atomic E-state index is 0.190. The molecule has 2 aromatic carbocycles. The Labute approximate surface area is 153 Å². The first-order chi connectivity index (χ1) is 9.40. The Kier molecular flexibility index (Phi) is 5.55. The molecule has 0 aliphatic carbocycles. The third kappa shape index (κ3) is 2.94. The first-order valence-corrected chi connectivity index (χ1v) is 9.52. The van der Waals surface area contributed by atoms with Gasteiger partial charge in [-0.1, -0.05) is 131 Å². The number of rotatable bonds is 4. The van der Waals surface area contributed by atoms with Crippen molar-refractivity contribution in [1.29, 1.82) is 0 Å². The highest BCUT2D eigenvalue weighted by molar-refractivity contribution is 9.27. The predicted molar refractivity (Wildman–Crippen MR) is 102 cm³/mol. The second-order valence-electron chi connectivity index (χ2n) is 4.63. The lowest BCUT2D eigenvalue weighted by molar-refractivity contribution is 0.671. The van der Waals surface area contributed by atoms with Crippen LogP contribution in [-0.2, 0) is 4.32 Å². The van der Waals surface area contributed by atoms with Gasteiger partial charge in [0.05, 0.1) is 0 Å². The molecule has 0 heterocycles. The van der Waals surface area contributed by atoms with Gasteiger partial charge in [0.15, 0.2) is 0 Å². The molecule has 1 unspecified atom stereocenters. The Hall–Kier alpha value is 0.360. The summed E-state index contributed by atoms with van der Waals surface area (Å²) in [7, 11) is 0. The lowest BCUT2D eigenvalue weighted by Gasteiger charge is -2.42. The molecule has 0 nitrogen and oxygen atoms in total. The van der Waals surface area contributed by atoms with Gasteiger partial charge in [-0.3, -0.25) is 0 Å². The van der Waals surface area contributed by atoms with Crippen LogP contribution in [0.1, 0.15) is 18.1 Å². The van der Waals surface area contributed by atoms with Gasteiger partial charge in [0.25, 0.3) is 0 Å². The van der Waals surface area contributed by atoms with Crippen LogP contribution < -0.4 is 0 Å². The third-order valence-corrected chi connectivity index (χ3v) is 10.4. The fourth-order valence-electron chi connectivity index (χ4n) is 2.16. The second kappa shape index (κ2) is 6.64. The Balaban J connectivity index is 2.68. The summed E-state index contributed by atoms with van der Waals surface area (Å²) in [5.74, 6) is 0. The summed E-state index contributed by atoms with van der Waals surface area (Å²) in [6.45, 7) is 2.12.